The summed E-state index contributed by atoms with van der Waals surface area (Å²) in [6.07, 6.45) is 3.99. The number of aryl methyl sites for hydroxylation is 2. The second-order valence-electron chi connectivity index (χ2n) is 8.04. The Labute approximate surface area is 188 Å². The van der Waals surface area contributed by atoms with Crippen LogP contribution in [-0.4, -0.2) is 52.1 Å². The Kier molecular flexibility index (Phi) is 4.32. The van der Waals surface area contributed by atoms with Crippen molar-refractivity contribution in [3.05, 3.63) is 83.3 Å². The summed E-state index contributed by atoms with van der Waals surface area (Å²) < 4.78 is 7.66. The minimum absolute atomic E-state index is 0.0721. The van der Waals surface area contributed by atoms with Crippen LogP contribution in [0.1, 0.15) is 45.2 Å². The van der Waals surface area contributed by atoms with Gasteiger partial charge in [-0.3, -0.25) is 9.78 Å². The Balaban J connectivity index is 1.41. The zero-order chi connectivity index (χ0) is 22.5. The van der Waals surface area contributed by atoms with Gasteiger partial charge in [-0.2, -0.15) is 5.10 Å². The largest absolute Gasteiger partial charge is 0.412 e. The lowest BCUT2D eigenvalue weighted by atomic mass is 9.99. The zero-order valence-electron chi connectivity index (χ0n) is 18.1. The SMILES string of the molecule is Cc1ncccc1-c1nnc(C(=O)N2CCc3[nH]cnc3[C@@H]2c2cc3cccc(C)n3n2)o1. The maximum atomic E-state index is 13.6. The number of H-pyrrole nitrogens is 1. The van der Waals surface area contributed by atoms with Crippen LogP contribution >= 0.6 is 0 Å². The van der Waals surface area contributed by atoms with Crippen molar-refractivity contribution < 1.29 is 9.21 Å². The Bertz CT molecular complexity index is 1500. The fraction of sp³-hybridized carbons (Fsp3) is 0.217. The van der Waals surface area contributed by atoms with E-state index >= 15 is 0 Å². The highest BCUT2D eigenvalue weighted by atomic mass is 16.4. The molecular formula is C23H20N8O2. The smallest absolute Gasteiger partial charge is 0.312 e. The number of hydrogen-bond donors (Lipinski definition) is 1. The van der Waals surface area contributed by atoms with E-state index in [1.807, 2.05) is 48.7 Å². The Morgan fingerprint density at radius 2 is 2.06 bits per heavy atom. The summed E-state index contributed by atoms with van der Waals surface area (Å²) in [7, 11) is 0. The molecule has 0 saturated carbocycles. The second-order valence-corrected chi connectivity index (χ2v) is 8.04. The molecule has 33 heavy (non-hydrogen) atoms. The molecular weight excluding hydrogens is 420 g/mol. The monoisotopic (exact) mass is 440 g/mol. The number of fused-ring (bicyclic) bond motifs is 2. The normalized spacial score (nSPS) is 15.7. The third-order valence-electron chi connectivity index (χ3n) is 6.01. The molecule has 164 valence electrons. The molecule has 6 rings (SSSR count). The maximum absolute atomic E-state index is 13.6. The Morgan fingerprint density at radius 1 is 1.15 bits per heavy atom. The van der Waals surface area contributed by atoms with Crippen LogP contribution in [0.4, 0.5) is 0 Å². The summed E-state index contributed by atoms with van der Waals surface area (Å²) in [5.74, 6) is -0.166. The minimum atomic E-state index is -0.470. The number of rotatable bonds is 3. The standard InChI is InChI=1S/C23H20N8O2/c1-13-5-3-6-15-11-18(29-31(13)15)20-19-17(25-12-26-19)8-10-30(20)23(32)22-28-27-21(33-22)16-7-4-9-24-14(16)2/h3-7,9,11-12,20H,8,10H2,1-2H3,(H,25,26)/t20-/m0/s1. The fourth-order valence-corrected chi connectivity index (χ4v) is 4.35. The van der Waals surface area contributed by atoms with E-state index in [9.17, 15) is 4.79 Å². The van der Waals surface area contributed by atoms with Gasteiger partial charge in [0.15, 0.2) is 0 Å². The average Bonchev–Trinajstić information content (AvgIpc) is 3.57. The number of nitrogens with one attached hydrogen (secondary N) is 1. The van der Waals surface area contributed by atoms with Crippen molar-refractivity contribution in [2.24, 2.45) is 0 Å². The molecule has 0 radical (unpaired) electrons. The molecule has 1 aliphatic heterocycles. The number of imidazole rings is 1. The van der Waals surface area contributed by atoms with Crippen molar-refractivity contribution in [2.75, 3.05) is 6.54 Å². The van der Waals surface area contributed by atoms with E-state index in [4.69, 9.17) is 9.52 Å². The number of carbonyl (C=O) groups excluding carboxylic acids is 1. The van der Waals surface area contributed by atoms with Crippen LogP contribution in [0.15, 0.2) is 53.3 Å². The quantitative estimate of drug-likeness (QED) is 0.458. The molecule has 0 saturated heterocycles. The van der Waals surface area contributed by atoms with Gasteiger partial charge in [-0.15, -0.1) is 10.2 Å². The molecule has 0 aliphatic carbocycles. The second kappa shape index (κ2) is 7.37. The van der Waals surface area contributed by atoms with Gasteiger partial charge in [-0.05, 0) is 44.2 Å². The van der Waals surface area contributed by atoms with Crippen LogP contribution in [0.2, 0.25) is 0 Å². The molecule has 1 atom stereocenters. The Hall–Kier alpha value is -4.34. The molecule has 1 N–H and O–H groups in total. The van der Waals surface area contributed by atoms with Crippen LogP contribution in [-0.2, 0) is 6.42 Å². The molecule has 0 spiro atoms. The zero-order valence-corrected chi connectivity index (χ0v) is 18.1. The van der Waals surface area contributed by atoms with Gasteiger partial charge in [-0.25, -0.2) is 9.50 Å². The molecule has 5 aromatic heterocycles. The predicted molar refractivity (Wildman–Crippen MR) is 117 cm³/mol. The lowest BCUT2D eigenvalue weighted by Gasteiger charge is -2.32. The topological polar surface area (TPSA) is 118 Å². The van der Waals surface area contributed by atoms with Crippen LogP contribution in [0.3, 0.4) is 0 Å². The highest BCUT2D eigenvalue weighted by molar-refractivity contribution is 5.90. The number of nitrogens with zero attached hydrogens (tertiary/aromatic N) is 7. The first-order valence-corrected chi connectivity index (χ1v) is 10.6. The van der Waals surface area contributed by atoms with Gasteiger partial charge in [-0.1, -0.05) is 6.07 Å². The predicted octanol–water partition coefficient (Wildman–Crippen LogP) is 2.91. The van der Waals surface area contributed by atoms with Crippen LogP contribution in [0.5, 0.6) is 0 Å². The van der Waals surface area contributed by atoms with Gasteiger partial charge in [0.25, 0.3) is 0 Å². The summed E-state index contributed by atoms with van der Waals surface area (Å²) in [4.78, 5) is 27.2. The number of carbonyl (C=O) groups is 1. The highest BCUT2D eigenvalue weighted by Gasteiger charge is 2.38. The van der Waals surface area contributed by atoms with Gasteiger partial charge in [0.05, 0.1) is 28.8 Å². The molecule has 5 aromatic rings. The van der Waals surface area contributed by atoms with E-state index in [-0.39, 0.29) is 17.7 Å². The first kappa shape index (κ1) is 19.4. The van der Waals surface area contributed by atoms with Crippen molar-refractivity contribution >= 4 is 11.4 Å². The Morgan fingerprint density at radius 3 is 2.91 bits per heavy atom. The number of hydrogen-bond acceptors (Lipinski definition) is 7. The van der Waals surface area contributed by atoms with Gasteiger partial charge in [0.2, 0.25) is 5.89 Å². The highest BCUT2D eigenvalue weighted by Crippen LogP contribution is 2.34. The molecule has 0 fully saturated rings. The summed E-state index contributed by atoms with van der Waals surface area (Å²) in [5.41, 5.74) is 5.90. The molecule has 1 aliphatic rings. The fourth-order valence-electron chi connectivity index (χ4n) is 4.35. The first-order chi connectivity index (χ1) is 16.1. The first-order valence-electron chi connectivity index (χ1n) is 10.6. The van der Waals surface area contributed by atoms with E-state index < -0.39 is 6.04 Å². The van der Waals surface area contributed by atoms with Gasteiger partial charge in [0, 0.05) is 36.2 Å². The van der Waals surface area contributed by atoms with Crippen molar-refractivity contribution in [3.63, 3.8) is 0 Å². The number of aromatic nitrogens is 7. The van der Waals surface area contributed by atoms with Crippen molar-refractivity contribution in [3.8, 4) is 11.5 Å². The molecule has 0 unspecified atom stereocenters. The van der Waals surface area contributed by atoms with Crippen molar-refractivity contribution in [1.29, 1.82) is 0 Å². The summed E-state index contributed by atoms with van der Waals surface area (Å²) >= 11 is 0. The summed E-state index contributed by atoms with van der Waals surface area (Å²) in [5, 5.41) is 12.9. The van der Waals surface area contributed by atoms with Crippen LogP contribution in [0, 0.1) is 13.8 Å². The molecule has 1 amide bonds. The minimum Gasteiger partial charge on any atom is -0.412 e. The summed E-state index contributed by atoms with van der Waals surface area (Å²) in [6.45, 7) is 4.31. The van der Waals surface area contributed by atoms with Crippen LogP contribution < -0.4 is 0 Å². The van der Waals surface area contributed by atoms with Gasteiger partial charge < -0.3 is 14.3 Å². The van der Waals surface area contributed by atoms with E-state index in [1.54, 1.807) is 23.5 Å². The molecule has 10 heteroatoms. The molecule has 0 bridgehead atoms. The number of pyridine rings is 2. The summed E-state index contributed by atoms with van der Waals surface area (Å²) in [6, 6.07) is 11.1. The lowest BCUT2D eigenvalue weighted by Crippen LogP contribution is -2.41. The van der Waals surface area contributed by atoms with Gasteiger partial charge >= 0.3 is 11.8 Å². The molecule has 10 nitrogen and oxygen atoms in total. The van der Waals surface area contributed by atoms with E-state index in [0.717, 1.165) is 34.0 Å². The van der Waals surface area contributed by atoms with E-state index in [1.165, 1.54) is 0 Å². The average molecular weight is 440 g/mol. The third kappa shape index (κ3) is 3.10. The number of amides is 1. The molecule has 6 heterocycles. The van der Waals surface area contributed by atoms with Gasteiger partial charge in [0.1, 0.15) is 6.04 Å². The number of aromatic amines is 1. The van der Waals surface area contributed by atoms with E-state index in [0.29, 0.717) is 18.5 Å². The van der Waals surface area contributed by atoms with E-state index in [2.05, 4.69) is 25.1 Å². The van der Waals surface area contributed by atoms with Crippen molar-refractivity contribution in [1.82, 2.24) is 39.7 Å². The van der Waals surface area contributed by atoms with Crippen molar-refractivity contribution in [2.45, 2.75) is 26.3 Å². The maximum Gasteiger partial charge on any atom is 0.312 e. The van der Waals surface area contributed by atoms with Crippen LogP contribution in [0.25, 0.3) is 17.0 Å². The molecule has 0 aromatic carbocycles. The lowest BCUT2D eigenvalue weighted by molar-refractivity contribution is 0.0646. The third-order valence-corrected chi connectivity index (χ3v) is 6.01.